The number of rotatable bonds is 4. The fourth-order valence-electron chi connectivity index (χ4n) is 1.95. The molecule has 24 heavy (non-hydrogen) atoms. The van der Waals surface area contributed by atoms with Crippen molar-refractivity contribution >= 4 is 23.6 Å². The number of carbonyl (C=O) groups excluding carboxylic acids is 3. The Morgan fingerprint density at radius 2 is 1.67 bits per heavy atom. The van der Waals surface area contributed by atoms with Crippen LogP contribution in [-0.4, -0.2) is 37.4 Å². The first-order chi connectivity index (χ1) is 11.2. The van der Waals surface area contributed by atoms with Crippen LogP contribution in [0.5, 0.6) is 5.75 Å². The van der Waals surface area contributed by atoms with Crippen LogP contribution in [0.1, 0.15) is 19.4 Å². The first-order valence-electron chi connectivity index (χ1n) is 7.00. The van der Waals surface area contributed by atoms with Crippen LogP contribution in [0.3, 0.4) is 0 Å². The number of cyclic esters (lactones) is 2. The SMILES string of the molecule is COC(=O)COc1ccc(C(N)=C2C(=O)OC(C)(C)OC2=O)cc1. The van der Waals surface area contributed by atoms with Gasteiger partial charge in [-0.15, -0.1) is 0 Å². The summed E-state index contributed by atoms with van der Waals surface area (Å²) in [5.74, 6) is -3.14. The molecule has 1 fully saturated rings. The van der Waals surface area contributed by atoms with E-state index in [1.165, 1.54) is 45.2 Å². The summed E-state index contributed by atoms with van der Waals surface area (Å²) in [5, 5.41) is 0. The van der Waals surface area contributed by atoms with Crippen molar-refractivity contribution in [3.63, 3.8) is 0 Å². The van der Waals surface area contributed by atoms with E-state index in [1.54, 1.807) is 0 Å². The minimum atomic E-state index is -1.33. The molecule has 0 bridgehead atoms. The Hall–Kier alpha value is -3.03. The maximum atomic E-state index is 12.0. The van der Waals surface area contributed by atoms with E-state index in [2.05, 4.69) is 4.74 Å². The van der Waals surface area contributed by atoms with E-state index in [9.17, 15) is 14.4 Å². The summed E-state index contributed by atoms with van der Waals surface area (Å²) in [7, 11) is 1.26. The fraction of sp³-hybridized carbons (Fsp3) is 0.312. The number of nitrogens with two attached hydrogens (primary N) is 1. The Morgan fingerprint density at radius 1 is 1.12 bits per heavy atom. The molecule has 1 aromatic rings. The van der Waals surface area contributed by atoms with Gasteiger partial charge in [0.25, 0.3) is 5.79 Å². The van der Waals surface area contributed by atoms with Gasteiger partial charge in [-0.25, -0.2) is 14.4 Å². The third-order valence-electron chi connectivity index (χ3n) is 3.10. The van der Waals surface area contributed by atoms with E-state index in [4.69, 9.17) is 19.9 Å². The topological polar surface area (TPSA) is 114 Å². The summed E-state index contributed by atoms with van der Waals surface area (Å²) in [4.78, 5) is 35.0. The van der Waals surface area contributed by atoms with E-state index in [-0.39, 0.29) is 17.9 Å². The first-order valence-corrected chi connectivity index (χ1v) is 7.00. The predicted octanol–water partition coefficient (Wildman–Crippen LogP) is 0.744. The highest BCUT2D eigenvalue weighted by atomic mass is 16.7. The van der Waals surface area contributed by atoms with E-state index in [0.29, 0.717) is 11.3 Å². The summed E-state index contributed by atoms with van der Waals surface area (Å²) in [5.41, 5.74) is 5.87. The van der Waals surface area contributed by atoms with Gasteiger partial charge in [0.2, 0.25) is 0 Å². The lowest BCUT2D eigenvalue weighted by Gasteiger charge is -2.30. The van der Waals surface area contributed by atoms with Crippen molar-refractivity contribution in [1.29, 1.82) is 0 Å². The number of methoxy groups -OCH3 is 1. The average molecular weight is 335 g/mol. The molecular weight excluding hydrogens is 318 g/mol. The maximum absolute atomic E-state index is 12.0. The Balaban J connectivity index is 2.20. The molecule has 2 N–H and O–H groups in total. The minimum absolute atomic E-state index is 0.0694. The zero-order valence-electron chi connectivity index (χ0n) is 13.5. The van der Waals surface area contributed by atoms with E-state index >= 15 is 0 Å². The van der Waals surface area contributed by atoms with Gasteiger partial charge >= 0.3 is 17.9 Å². The molecule has 1 saturated heterocycles. The van der Waals surface area contributed by atoms with Crippen molar-refractivity contribution in [2.24, 2.45) is 5.73 Å². The average Bonchev–Trinajstić information content (AvgIpc) is 2.51. The Bertz CT molecular complexity index is 682. The summed E-state index contributed by atoms with van der Waals surface area (Å²) in [6.45, 7) is 2.66. The normalized spacial score (nSPS) is 16.0. The third-order valence-corrected chi connectivity index (χ3v) is 3.10. The van der Waals surface area contributed by atoms with E-state index in [0.717, 1.165) is 0 Å². The van der Waals surface area contributed by atoms with Crippen LogP contribution in [0.4, 0.5) is 0 Å². The summed E-state index contributed by atoms with van der Waals surface area (Å²) in [6, 6.07) is 6.15. The van der Waals surface area contributed by atoms with Gasteiger partial charge < -0.3 is 24.7 Å². The van der Waals surface area contributed by atoms with Crippen molar-refractivity contribution < 1.29 is 33.3 Å². The highest BCUT2D eigenvalue weighted by Gasteiger charge is 2.40. The van der Waals surface area contributed by atoms with Crippen LogP contribution >= 0.6 is 0 Å². The van der Waals surface area contributed by atoms with Gasteiger partial charge in [0.05, 0.1) is 12.8 Å². The fourth-order valence-corrected chi connectivity index (χ4v) is 1.95. The standard InChI is InChI=1S/C16H17NO7/c1-16(2)23-14(19)12(15(20)24-16)13(17)9-4-6-10(7-5-9)22-8-11(18)21-3/h4-7H,8,17H2,1-3H3. The molecule has 128 valence electrons. The van der Waals surface area contributed by atoms with Crippen molar-refractivity contribution in [2.45, 2.75) is 19.6 Å². The number of ether oxygens (including phenoxy) is 4. The zero-order chi connectivity index (χ0) is 17.9. The summed E-state index contributed by atoms with van der Waals surface area (Å²) in [6.07, 6.45) is 0. The van der Waals surface area contributed by atoms with Crippen LogP contribution in [0.15, 0.2) is 29.8 Å². The molecule has 0 atom stereocenters. The molecule has 1 aliphatic rings. The molecule has 0 amide bonds. The molecule has 8 nitrogen and oxygen atoms in total. The molecule has 0 aromatic heterocycles. The lowest BCUT2D eigenvalue weighted by molar-refractivity contribution is -0.222. The number of carbonyl (C=O) groups is 3. The Morgan fingerprint density at radius 3 is 2.17 bits per heavy atom. The molecule has 0 spiro atoms. The minimum Gasteiger partial charge on any atom is -0.482 e. The Labute approximate surface area is 138 Å². The van der Waals surface area contributed by atoms with Crippen molar-refractivity contribution in [2.75, 3.05) is 13.7 Å². The van der Waals surface area contributed by atoms with Gasteiger partial charge in [0.15, 0.2) is 12.2 Å². The molecule has 1 aliphatic heterocycles. The van der Waals surface area contributed by atoms with Crippen LogP contribution in [0, 0.1) is 0 Å². The van der Waals surface area contributed by atoms with E-state index in [1.807, 2.05) is 0 Å². The van der Waals surface area contributed by atoms with Gasteiger partial charge in [0.1, 0.15) is 5.75 Å². The first kappa shape index (κ1) is 17.3. The van der Waals surface area contributed by atoms with E-state index < -0.39 is 23.7 Å². The van der Waals surface area contributed by atoms with Gasteiger partial charge in [-0.2, -0.15) is 0 Å². The maximum Gasteiger partial charge on any atom is 0.351 e. The number of esters is 3. The molecule has 0 saturated carbocycles. The zero-order valence-corrected chi connectivity index (χ0v) is 13.5. The van der Waals surface area contributed by atoms with Gasteiger partial charge in [-0.05, 0) is 29.8 Å². The Kier molecular flexibility index (Phi) is 4.77. The highest BCUT2D eigenvalue weighted by Crippen LogP contribution is 2.27. The van der Waals surface area contributed by atoms with Gasteiger partial charge in [0, 0.05) is 13.8 Å². The monoisotopic (exact) mass is 335 g/mol. The van der Waals surface area contributed by atoms with Crippen LogP contribution in [0.2, 0.25) is 0 Å². The second-order valence-corrected chi connectivity index (χ2v) is 5.36. The molecule has 1 aromatic carbocycles. The second-order valence-electron chi connectivity index (χ2n) is 5.36. The molecule has 0 aliphatic carbocycles. The molecule has 2 rings (SSSR count). The van der Waals surface area contributed by atoms with Crippen molar-refractivity contribution in [1.82, 2.24) is 0 Å². The van der Waals surface area contributed by atoms with Crippen molar-refractivity contribution in [3.8, 4) is 5.75 Å². The van der Waals surface area contributed by atoms with Crippen LogP contribution in [0.25, 0.3) is 5.70 Å². The number of hydrogen-bond acceptors (Lipinski definition) is 8. The molecule has 8 heteroatoms. The second kappa shape index (κ2) is 6.61. The molecule has 0 unspecified atom stereocenters. The lowest BCUT2D eigenvalue weighted by Crippen LogP contribution is -2.42. The lowest BCUT2D eigenvalue weighted by atomic mass is 10.1. The molecular formula is C16H17NO7. The molecule has 0 radical (unpaired) electrons. The summed E-state index contributed by atoms with van der Waals surface area (Å²) < 4.78 is 19.7. The van der Waals surface area contributed by atoms with Crippen LogP contribution in [-0.2, 0) is 28.6 Å². The predicted molar refractivity (Wildman–Crippen MR) is 81.3 cm³/mol. The summed E-state index contributed by atoms with van der Waals surface area (Å²) >= 11 is 0. The third kappa shape index (κ3) is 3.83. The largest absolute Gasteiger partial charge is 0.482 e. The number of hydrogen-bond donors (Lipinski definition) is 1. The van der Waals surface area contributed by atoms with Gasteiger partial charge in [-0.3, -0.25) is 0 Å². The van der Waals surface area contributed by atoms with Crippen LogP contribution < -0.4 is 10.5 Å². The molecule has 1 heterocycles. The highest BCUT2D eigenvalue weighted by molar-refractivity contribution is 6.20. The smallest absolute Gasteiger partial charge is 0.351 e. The number of benzene rings is 1. The van der Waals surface area contributed by atoms with Gasteiger partial charge in [-0.1, -0.05) is 0 Å². The van der Waals surface area contributed by atoms with Crippen molar-refractivity contribution in [3.05, 3.63) is 35.4 Å². The quantitative estimate of drug-likeness (QED) is 0.487.